The molecule has 6 heteroatoms. The number of allylic oxidation sites excluding steroid dienone is 8. The Morgan fingerprint density at radius 1 is 0.574 bits per heavy atom. The molecule has 0 saturated carbocycles. The average Bonchev–Trinajstić information content (AvgIpc) is 3.81. The highest BCUT2D eigenvalue weighted by Crippen LogP contribution is 2.43. The molecule has 0 atom stereocenters. The van der Waals surface area contributed by atoms with Gasteiger partial charge in [-0.1, -0.05) is 147 Å². The molecule has 0 amide bonds. The van der Waals surface area contributed by atoms with Crippen LogP contribution in [0, 0.1) is 6.92 Å². The zero-order chi connectivity index (χ0) is 37.0. The number of hydrogen-bond donors (Lipinski definition) is 0. The lowest BCUT2D eigenvalue weighted by Gasteiger charge is -2.08. The van der Waals surface area contributed by atoms with Gasteiger partial charge in [-0.2, -0.15) is 0 Å². The molecular weight excluding hydrogens is 697 g/mol. The van der Waals surface area contributed by atoms with Gasteiger partial charge in [-0.3, -0.25) is 0 Å². The summed E-state index contributed by atoms with van der Waals surface area (Å²) in [7, 11) is 0. The lowest BCUT2D eigenvalue weighted by atomic mass is 9.98. The van der Waals surface area contributed by atoms with Gasteiger partial charge in [0, 0.05) is 31.8 Å². The fourth-order valence-corrected chi connectivity index (χ4v) is 8.92. The zero-order valence-electron chi connectivity index (χ0n) is 30.0. The van der Waals surface area contributed by atoms with Crippen molar-refractivity contribution in [3.05, 3.63) is 187 Å². The first-order valence-corrected chi connectivity index (χ1v) is 19.3. The van der Waals surface area contributed by atoms with Gasteiger partial charge in [0.1, 0.15) is 5.01 Å². The molecule has 0 bridgehead atoms. The lowest BCUT2D eigenvalue weighted by Crippen LogP contribution is -2.00. The third-order valence-electron chi connectivity index (χ3n) is 9.28. The first kappa shape index (κ1) is 34.7. The van der Waals surface area contributed by atoms with Gasteiger partial charge in [-0.05, 0) is 71.3 Å². The number of aromatic nitrogens is 4. The van der Waals surface area contributed by atoms with Crippen LogP contribution in [0.15, 0.2) is 177 Å². The molecule has 3 heterocycles. The van der Waals surface area contributed by atoms with E-state index in [2.05, 4.69) is 99.8 Å². The Labute approximate surface area is 323 Å². The van der Waals surface area contributed by atoms with E-state index in [1.807, 2.05) is 90.2 Å². The molecule has 54 heavy (non-hydrogen) atoms. The maximum Gasteiger partial charge on any atom is 0.164 e. The van der Waals surface area contributed by atoms with Crippen LogP contribution in [0.25, 0.3) is 81.7 Å². The molecule has 0 spiro atoms. The summed E-state index contributed by atoms with van der Waals surface area (Å²) in [6, 6.07) is 41.7. The molecule has 0 unspecified atom stereocenters. The minimum absolute atomic E-state index is 0.616. The fourth-order valence-electron chi connectivity index (χ4n) is 6.55. The maximum atomic E-state index is 5.15. The Balaban J connectivity index is 1.16. The highest BCUT2D eigenvalue weighted by molar-refractivity contribution is 7.21. The monoisotopic (exact) mass is 732 g/mol. The molecule has 3 aromatic heterocycles. The number of rotatable bonds is 10. The van der Waals surface area contributed by atoms with Gasteiger partial charge in [-0.15, -0.1) is 22.7 Å². The van der Waals surface area contributed by atoms with Crippen molar-refractivity contribution in [2.24, 2.45) is 0 Å². The van der Waals surface area contributed by atoms with E-state index < -0.39 is 0 Å². The van der Waals surface area contributed by atoms with Crippen LogP contribution in [0.4, 0.5) is 0 Å². The highest BCUT2D eigenvalue weighted by Gasteiger charge is 2.18. The van der Waals surface area contributed by atoms with Crippen LogP contribution in [0.1, 0.15) is 17.4 Å². The predicted molar refractivity (Wildman–Crippen MR) is 232 cm³/mol. The van der Waals surface area contributed by atoms with Gasteiger partial charge in [0.05, 0.1) is 10.2 Å². The third kappa shape index (κ3) is 6.93. The molecule has 0 aliphatic heterocycles. The van der Waals surface area contributed by atoms with Crippen LogP contribution < -0.4 is 0 Å². The van der Waals surface area contributed by atoms with Crippen molar-refractivity contribution < 1.29 is 0 Å². The van der Waals surface area contributed by atoms with Gasteiger partial charge in [-0.25, -0.2) is 19.9 Å². The van der Waals surface area contributed by atoms with E-state index in [4.69, 9.17) is 19.9 Å². The van der Waals surface area contributed by atoms with E-state index in [-0.39, 0.29) is 0 Å². The summed E-state index contributed by atoms with van der Waals surface area (Å²) in [4.78, 5) is 21.1. The van der Waals surface area contributed by atoms with Crippen molar-refractivity contribution in [2.75, 3.05) is 0 Å². The van der Waals surface area contributed by atoms with Crippen LogP contribution in [0.3, 0.4) is 0 Å². The molecule has 8 rings (SSSR count). The quantitative estimate of drug-likeness (QED) is 0.131. The smallest absolute Gasteiger partial charge is 0.164 e. The van der Waals surface area contributed by atoms with E-state index >= 15 is 0 Å². The summed E-state index contributed by atoms with van der Waals surface area (Å²) in [5.74, 6) is 1.89. The average molecular weight is 733 g/mol. The number of fused-ring (bicyclic) bond motifs is 2. The van der Waals surface area contributed by atoms with Gasteiger partial charge >= 0.3 is 0 Å². The molecule has 4 nitrogen and oxygen atoms in total. The summed E-state index contributed by atoms with van der Waals surface area (Å²) in [6.07, 6.45) is 11.9. The molecule has 0 radical (unpaired) electrons. The maximum absolute atomic E-state index is 5.15. The second-order valence-electron chi connectivity index (χ2n) is 12.8. The Morgan fingerprint density at radius 3 is 1.91 bits per heavy atom. The minimum Gasteiger partial charge on any atom is -0.236 e. The van der Waals surface area contributed by atoms with Crippen molar-refractivity contribution in [3.63, 3.8) is 0 Å². The molecule has 0 fully saturated rings. The van der Waals surface area contributed by atoms with Gasteiger partial charge < -0.3 is 0 Å². The third-order valence-corrected chi connectivity index (χ3v) is 11.7. The number of nitrogens with zero attached hydrogens (tertiary/aromatic N) is 4. The van der Waals surface area contributed by atoms with E-state index in [1.54, 1.807) is 17.4 Å². The summed E-state index contributed by atoms with van der Waals surface area (Å²) in [5.41, 5.74) is 10.8. The van der Waals surface area contributed by atoms with Crippen molar-refractivity contribution in [1.29, 1.82) is 0 Å². The normalized spacial score (nSPS) is 12.2. The highest BCUT2D eigenvalue weighted by atomic mass is 32.1. The van der Waals surface area contributed by atoms with Gasteiger partial charge in [0.2, 0.25) is 0 Å². The predicted octanol–water partition coefficient (Wildman–Crippen LogP) is 13.6. The number of hydrogen-bond acceptors (Lipinski definition) is 6. The molecular formula is C48H36N4S2. The van der Waals surface area contributed by atoms with Crippen molar-refractivity contribution in [2.45, 2.75) is 13.8 Å². The summed E-state index contributed by atoms with van der Waals surface area (Å²) < 4.78 is 2.37. The molecule has 0 aliphatic carbocycles. The standard InChI is InChI=1S/C48H36N4S2/c1-5-7-10-18-31(3)38(17-6-2)43-32(4)39-25-16-26-40(44(39)54-43)35-23-15-24-37(29-35)48-49-41-30-36(27-28-42(41)53-48)47-51-45(33-19-11-8-12-20-33)50-46(52-47)34-21-13-9-14-22-34/h5-30H,1-2H2,3-4H3/b10-7-,31-18+,38-17-. The molecule has 0 aliphatic rings. The van der Waals surface area contributed by atoms with Crippen LogP contribution in [-0.4, -0.2) is 19.9 Å². The topological polar surface area (TPSA) is 51.6 Å². The SMILES string of the molecule is C=C\C=C/C=C(C)/C(=C/C=C)c1sc2c(-c3cccc(-c4nc5cc(-c6nc(-c7ccccc7)nc(-c7ccccc7)n6)ccc5s4)c3)cccc2c1C. The molecule has 0 N–H and O–H groups in total. The molecule has 8 aromatic rings. The zero-order valence-corrected chi connectivity index (χ0v) is 31.7. The summed E-state index contributed by atoms with van der Waals surface area (Å²) >= 11 is 3.53. The Kier molecular flexibility index (Phi) is 9.86. The van der Waals surface area contributed by atoms with E-state index in [9.17, 15) is 0 Å². The summed E-state index contributed by atoms with van der Waals surface area (Å²) in [6.45, 7) is 12.2. The van der Waals surface area contributed by atoms with Crippen molar-refractivity contribution in [1.82, 2.24) is 19.9 Å². The van der Waals surface area contributed by atoms with Crippen LogP contribution in [0.5, 0.6) is 0 Å². The molecule has 260 valence electrons. The summed E-state index contributed by atoms with van der Waals surface area (Å²) in [5, 5.41) is 2.23. The first-order chi connectivity index (χ1) is 26.5. The number of aryl methyl sites for hydroxylation is 1. The van der Waals surface area contributed by atoms with E-state index in [0.717, 1.165) is 43.0 Å². The van der Waals surface area contributed by atoms with E-state index in [1.165, 1.54) is 37.2 Å². The van der Waals surface area contributed by atoms with Gasteiger partial charge in [0.25, 0.3) is 0 Å². The second kappa shape index (κ2) is 15.3. The Hall–Kier alpha value is -6.34. The largest absolute Gasteiger partial charge is 0.236 e. The first-order valence-electron chi connectivity index (χ1n) is 17.7. The Morgan fingerprint density at radius 2 is 1.22 bits per heavy atom. The van der Waals surface area contributed by atoms with Gasteiger partial charge in [0.15, 0.2) is 17.5 Å². The van der Waals surface area contributed by atoms with Crippen LogP contribution >= 0.6 is 22.7 Å². The lowest BCUT2D eigenvalue weighted by molar-refractivity contribution is 1.07. The van der Waals surface area contributed by atoms with Crippen molar-refractivity contribution in [3.8, 4) is 55.9 Å². The second-order valence-corrected chi connectivity index (χ2v) is 14.9. The van der Waals surface area contributed by atoms with Crippen LogP contribution in [-0.2, 0) is 0 Å². The number of thiazole rings is 1. The minimum atomic E-state index is 0.616. The van der Waals surface area contributed by atoms with E-state index in [0.29, 0.717) is 17.5 Å². The van der Waals surface area contributed by atoms with Crippen LogP contribution in [0.2, 0.25) is 0 Å². The van der Waals surface area contributed by atoms with Crippen molar-refractivity contribution >= 4 is 48.5 Å². The number of benzene rings is 5. The molecule has 5 aromatic carbocycles. The Bertz CT molecular complexity index is 2710. The number of thiophene rings is 1. The fraction of sp³-hybridized carbons (Fsp3) is 0.0417. The molecule has 0 saturated heterocycles.